The van der Waals surface area contributed by atoms with Crippen LogP contribution in [-0.4, -0.2) is 35.4 Å². The van der Waals surface area contributed by atoms with Gasteiger partial charge in [-0.1, -0.05) is 48.5 Å². The van der Waals surface area contributed by atoms with Crippen molar-refractivity contribution in [3.8, 4) is 17.2 Å². The van der Waals surface area contributed by atoms with Gasteiger partial charge in [-0.15, -0.1) is 0 Å². The van der Waals surface area contributed by atoms with Gasteiger partial charge in [-0.3, -0.25) is 9.78 Å². The zero-order chi connectivity index (χ0) is 24.2. The van der Waals surface area contributed by atoms with Crippen molar-refractivity contribution in [3.05, 3.63) is 113 Å². The van der Waals surface area contributed by atoms with Crippen molar-refractivity contribution in [2.75, 3.05) is 24.5 Å². The molecule has 1 fully saturated rings. The Hall–Kier alpha value is -4.34. The number of piperazine rings is 1. The Balaban J connectivity index is 0.00000190. The van der Waals surface area contributed by atoms with Gasteiger partial charge in [0.2, 0.25) is 5.78 Å². The third-order valence-corrected chi connectivity index (χ3v) is 6.32. The highest BCUT2D eigenvalue weighted by atomic mass is 16.1. The molecule has 0 radical (unpaired) electrons. The number of rotatable bonds is 5. The molecule has 1 aliphatic rings. The van der Waals surface area contributed by atoms with E-state index < -0.39 is 0 Å². The number of pyridine rings is 2. The normalized spacial score (nSPS) is 15.4. The number of nitrogens with one attached hydrogen (secondary N) is 1. The lowest BCUT2D eigenvalue weighted by Gasteiger charge is -2.35. The van der Waals surface area contributed by atoms with Crippen LogP contribution in [0, 0.1) is 18.3 Å². The average Bonchev–Trinajstić information content (AvgIpc) is 2.93. The van der Waals surface area contributed by atoms with E-state index in [4.69, 9.17) is 4.98 Å². The van der Waals surface area contributed by atoms with Crippen LogP contribution < -0.4 is 10.2 Å². The summed E-state index contributed by atoms with van der Waals surface area (Å²) in [4.78, 5) is 24.9. The van der Waals surface area contributed by atoms with Crippen molar-refractivity contribution in [1.29, 1.82) is 5.26 Å². The maximum absolute atomic E-state index is 13.5. The van der Waals surface area contributed by atoms with Crippen molar-refractivity contribution >= 4 is 11.6 Å². The largest absolute Gasteiger partial charge is 0.353 e. The number of aryl methyl sites for hydroxylation is 1. The van der Waals surface area contributed by atoms with Gasteiger partial charge in [-0.25, -0.2) is 4.98 Å². The number of nitrogens with zero attached hydrogens (tertiary/aromatic N) is 4. The molecule has 4 aromatic rings. The van der Waals surface area contributed by atoms with Crippen LogP contribution in [0.5, 0.6) is 0 Å². The predicted molar refractivity (Wildman–Crippen MR) is 140 cm³/mol. The SMILES string of the molecule is Cc1ncc(-c2cccc(C#N)c2)cc1C(=O)c1cccc(N2CCNC(c3ccccc3)C2)n1.[HH].[HH]. The number of aromatic nitrogens is 2. The number of carbonyl (C=O) groups excluding carboxylic acids is 1. The molecule has 6 nitrogen and oxygen atoms in total. The zero-order valence-electron chi connectivity index (χ0n) is 19.5. The van der Waals surface area contributed by atoms with Crippen molar-refractivity contribution in [2.24, 2.45) is 0 Å². The summed E-state index contributed by atoms with van der Waals surface area (Å²) in [5.41, 5.74) is 4.99. The van der Waals surface area contributed by atoms with E-state index in [1.807, 2.05) is 43.3 Å². The van der Waals surface area contributed by atoms with Crippen LogP contribution in [0.3, 0.4) is 0 Å². The summed E-state index contributed by atoms with van der Waals surface area (Å²) in [6.45, 7) is 4.26. The lowest BCUT2D eigenvalue weighted by Crippen LogP contribution is -2.46. The van der Waals surface area contributed by atoms with E-state index in [0.29, 0.717) is 22.5 Å². The van der Waals surface area contributed by atoms with Gasteiger partial charge in [0.1, 0.15) is 11.5 Å². The van der Waals surface area contributed by atoms with Crippen molar-refractivity contribution < 1.29 is 7.65 Å². The third kappa shape index (κ3) is 4.81. The minimum absolute atomic E-state index is 0. The first kappa shape index (κ1) is 22.5. The van der Waals surface area contributed by atoms with Gasteiger partial charge < -0.3 is 10.2 Å². The Bertz CT molecular complexity index is 1420. The average molecular weight is 464 g/mol. The lowest BCUT2D eigenvalue weighted by atomic mass is 9.99. The summed E-state index contributed by atoms with van der Waals surface area (Å²) in [6, 6.07) is 27.5. The molecule has 1 saturated heterocycles. The molecular weight excluding hydrogens is 434 g/mol. The van der Waals surface area contributed by atoms with E-state index in [0.717, 1.165) is 36.6 Å². The maximum atomic E-state index is 13.5. The molecule has 0 spiro atoms. The van der Waals surface area contributed by atoms with E-state index in [2.05, 4.69) is 45.5 Å². The molecule has 1 unspecified atom stereocenters. The highest BCUT2D eigenvalue weighted by Crippen LogP contribution is 2.25. The van der Waals surface area contributed by atoms with Gasteiger partial charge in [0.05, 0.1) is 11.6 Å². The Kier molecular flexibility index (Phi) is 6.34. The standard InChI is InChI=1S/C29H25N5O.2H2/c1-20-25(16-24(18-32-20)23-10-5-7-21(15-23)17-30)29(35)26-11-6-12-28(33-26)34-14-13-31-27(19-34)22-8-3-2-4-9-22;;/h2-12,15-16,18,27,31H,13-14,19H2,1H3;2*1H. The van der Waals surface area contributed by atoms with Gasteiger partial charge in [0.15, 0.2) is 0 Å². The number of carbonyl (C=O) groups is 1. The van der Waals surface area contributed by atoms with Gasteiger partial charge >= 0.3 is 0 Å². The van der Waals surface area contributed by atoms with E-state index in [9.17, 15) is 10.1 Å². The topological polar surface area (TPSA) is 81.9 Å². The minimum atomic E-state index is -0.162. The molecule has 1 atom stereocenters. The summed E-state index contributed by atoms with van der Waals surface area (Å²) in [5, 5.41) is 12.8. The number of benzene rings is 2. The number of anilines is 1. The van der Waals surface area contributed by atoms with Crippen LogP contribution in [0.15, 0.2) is 85.1 Å². The van der Waals surface area contributed by atoms with Gasteiger partial charge in [-0.05, 0) is 48.4 Å². The molecule has 1 N–H and O–H groups in total. The van der Waals surface area contributed by atoms with Crippen LogP contribution in [0.4, 0.5) is 5.82 Å². The number of hydrogen-bond acceptors (Lipinski definition) is 6. The van der Waals surface area contributed by atoms with E-state index in [1.54, 1.807) is 24.4 Å². The molecule has 2 aromatic heterocycles. The summed E-state index contributed by atoms with van der Waals surface area (Å²) in [5.74, 6) is 0.631. The quantitative estimate of drug-likeness (QED) is 0.410. The first-order valence-corrected chi connectivity index (χ1v) is 11.6. The molecule has 2 aromatic carbocycles. The van der Waals surface area contributed by atoms with E-state index >= 15 is 0 Å². The van der Waals surface area contributed by atoms with Crippen LogP contribution >= 0.6 is 0 Å². The molecule has 176 valence electrons. The van der Waals surface area contributed by atoms with Gasteiger partial charge in [0, 0.05) is 51.5 Å². The highest BCUT2D eigenvalue weighted by Gasteiger charge is 2.23. The molecule has 1 aliphatic heterocycles. The van der Waals surface area contributed by atoms with E-state index in [-0.39, 0.29) is 14.7 Å². The molecule has 0 amide bonds. The van der Waals surface area contributed by atoms with Crippen LogP contribution in [-0.2, 0) is 0 Å². The summed E-state index contributed by atoms with van der Waals surface area (Å²) in [7, 11) is 0. The number of ketones is 1. The van der Waals surface area contributed by atoms with Crippen LogP contribution in [0.25, 0.3) is 11.1 Å². The van der Waals surface area contributed by atoms with E-state index in [1.165, 1.54) is 5.56 Å². The van der Waals surface area contributed by atoms with Crippen molar-refractivity contribution in [3.63, 3.8) is 0 Å². The fraction of sp³-hybridized carbons (Fsp3) is 0.172. The Morgan fingerprint density at radius 3 is 2.71 bits per heavy atom. The summed E-state index contributed by atoms with van der Waals surface area (Å²) >= 11 is 0. The molecule has 0 saturated carbocycles. The second kappa shape index (κ2) is 9.88. The predicted octanol–water partition coefficient (Wildman–Crippen LogP) is 5.20. The monoisotopic (exact) mass is 463 g/mol. The molecule has 5 rings (SSSR count). The second-order valence-electron chi connectivity index (χ2n) is 8.62. The highest BCUT2D eigenvalue weighted by molar-refractivity contribution is 6.09. The zero-order valence-corrected chi connectivity index (χ0v) is 19.5. The fourth-order valence-electron chi connectivity index (χ4n) is 4.42. The molecule has 35 heavy (non-hydrogen) atoms. The minimum Gasteiger partial charge on any atom is -0.353 e. The van der Waals surface area contributed by atoms with Gasteiger partial charge in [0.25, 0.3) is 0 Å². The Morgan fingerprint density at radius 1 is 1.06 bits per heavy atom. The Morgan fingerprint density at radius 2 is 1.89 bits per heavy atom. The fourth-order valence-corrected chi connectivity index (χ4v) is 4.42. The first-order valence-electron chi connectivity index (χ1n) is 11.6. The number of hydrogen-bond donors (Lipinski definition) is 1. The van der Waals surface area contributed by atoms with Crippen LogP contribution in [0.1, 0.15) is 41.8 Å². The molecule has 0 bridgehead atoms. The lowest BCUT2D eigenvalue weighted by molar-refractivity contribution is 0.103. The molecule has 6 heteroatoms. The molecule has 3 heterocycles. The third-order valence-electron chi connectivity index (χ3n) is 6.32. The van der Waals surface area contributed by atoms with Crippen molar-refractivity contribution in [1.82, 2.24) is 15.3 Å². The molecule has 0 aliphatic carbocycles. The van der Waals surface area contributed by atoms with Crippen LogP contribution in [0.2, 0.25) is 0 Å². The van der Waals surface area contributed by atoms with Crippen molar-refractivity contribution in [2.45, 2.75) is 13.0 Å². The first-order chi connectivity index (χ1) is 17.1. The van der Waals surface area contributed by atoms with Gasteiger partial charge in [-0.2, -0.15) is 5.26 Å². The smallest absolute Gasteiger partial charge is 0.213 e. The maximum Gasteiger partial charge on any atom is 0.213 e. The Labute approximate surface area is 207 Å². The summed E-state index contributed by atoms with van der Waals surface area (Å²) in [6.07, 6.45) is 1.73. The second-order valence-corrected chi connectivity index (χ2v) is 8.62. The number of nitriles is 1. The summed E-state index contributed by atoms with van der Waals surface area (Å²) < 4.78 is 0. The molecular formula is C29H29N5O.